The summed E-state index contributed by atoms with van der Waals surface area (Å²) in [6, 6.07) is 4.01. The average molecular weight is 290 g/mol. The Hall–Kier alpha value is -0.940. The third kappa shape index (κ3) is 3.90. The number of rotatable bonds is 2. The van der Waals surface area contributed by atoms with Gasteiger partial charge in [0.1, 0.15) is 5.82 Å². The van der Waals surface area contributed by atoms with Crippen molar-refractivity contribution >= 4 is 21.8 Å². The van der Waals surface area contributed by atoms with E-state index >= 15 is 0 Å². The molecular weight excluding hydrogens is 277 g/mol. The van der Waals surface area contributed by atoms with E-state index in [0.29, 0.717) is 5.56 Å². The second kappa shape index (κ2) is 4.93. The number of amides is 1. The predicted molar refractivity (Wildman–Crippen MR) is 62.4 cm³/mol. The first kappa shape index (κ1) is 13.1. The molecule has 5 heteroatoms. The molecule has 0 aliphatic heterocycles. The fraction of sp³-hybridized carbons (Fsp3) is 0.364. The number of nitrogens with one attached hydrogen (secondary N) is 1. The fourth-order valence-corrected chi connectivity index (χ4v) is 1.27. The van der Waals surface area contributed by atoms with Gasteiger partial charge < -0.3 is 0 Å². The van der Waals surface area contributed by atoms with Crippen molar-refractivity contribution in [2.24, 2.45) is 0 Å². The van der Waals surface area contributed by atoms with Gasteiger partial charge in [0.25, 0.3) is 5.91 Å². The van der Waals surface area contributed by atoms with Gasteiger partial charge in [-0.05, 0) is 54.9 Å². The summed E-state index contributed by atoms with van der Waals surface area (Å²) in [6.45, 7) is 5.44. The zero-order valence-corrected chi connectivity index (χ0v) is 10.9. The molecule has 0 saturated heterocycles. The topological polar surface area (TPSA) is 38.3 Å². The van der Waals surface area contributed by atoms with Gasteiger partial charge in [-0.1, -0.05) is 0 Å². The molecule has 1 aromatic carbocycles. The van der Waals surface area contributed by atoms with Crippen LogP contribution in [0.5, 0.6) is 0 Å². The molecule has 0 aliphatic rings. The molecule has 0 unspecified atom stereocenters. The Kier molecular flexibility index (Phi) is 4.04. The number of carbonyl (C=O) groups is 1. The highest BCUT2D eigenvalue weighted by molar-refractivity contribution is 9.10. The van der Waals surface area contributed by atoms with E-state index < -0.39 is 17.3 Å². The molecule has 0 bridgehead atoms. The van der Waals surface area contributed by atoms with Crippen molar-refractivity contribution in [3.05, 3.63) is 34.1 Å². The van der Waals surface area contributed by atoms with Gasteiger partial charge in [0.15, 0.2) is 0 Å². The van der Waals surface area contributed by atoms with E-state index in [-0.39, 0.29) is 4.47 Å². The van der Waals surface area contributed by atoms with E-state index in [2.05, 4.69) is 21.4 Å². The zero-order valence-electron chi connectivity index (χ0n) is 9.30. The zero-order chi connectivity index (χ0) is 12.3. The van der Waals surface area contributed by atoms with Crippen molar-refractivity contribution in [1.82, 2.24) is 5.48 Å². The van der Waals surface area contributed by atoms with Crippen LogP contribution >= 0.6 is 15.9 Å². The highest BCUT2D eigenvalue weighted by atomic mass is 79.9. The van der Waals surface area contributed by atoms with Gasteiger partial charge in [0.05, 0.1) is 10.1 Å². The van der Waals surface area contributed by atoms with Crippen LogP contribution in [0.4, 0.5) is 4.39 Å². The number of halogens is 2. The van der Waals surface area contributed by atoms with Gasteiger partial charge >= 0.3 is 0 Å². The van der Waals surface area contributed by atoms with E-state index in [1.807, 2.05) is 20.8 Å². The lowest BCUT2D eigenvalue weighted by Crippen LogP contribution is -2.33. The van der Waals surface area contributed by atoms with E-state index in [9.17, 15) is 9.18 Å². The number of hydroxylamine groups is 1. The van der Waals surface area contributed by atoms with Crippen molar-refractivity contribution < 1.29 is 14.0 Å². The number of benzene rings is 1. The molecule has 16 heavy (non-hydrogen) atoms. The van der Waals surface area contributed by atoms with Crippen molar-refractivity contribution in [3.63, 3.8) is 0 Å². The maximum absolute atomic E-state index is 12.9. The first-order valence-electron chi connectivity index (χ1n) is 4.73. The molecule has 0 aromatic heterocycles. The molecule has 1 N–H and O–H groups in total. The lowest BCUT2D eigenvalue weighted by molar-refractivity contribution is -0.0589. The van der Waals surface area contributed by atoms with Crippen LogP contribution in [-0.4, -0.2) is 11.5 Å². The molecule has 1 amide bonds. The standard InChI is InChI=1S/C11H13BrFNO2/c1-11(2,3)16-14-10(15)7-4-5-9(13)8(12)6-7/h4-6H,1-3H3,(H,14,15). The van der Waals surface area contributed by atoms with E-state index in [1.54, 1.807) is 0 Å². The van der Waals surface area contributed by atoms with Crippen molar-refractivity contribution in [3.8, 4) is 0 Å². The van der Waals surface area contributed by atoms with Crippen LogP contribution < -0.4 is 5.48 Å². The fourth-order valence-electron chi connectivity index (χ4n) is 0.896. The van der Waals surface area contributed by atoms with Crippen LogP contribution in [0.1, 0.15) is 31.1 Å². The van der Waals surface area contributed by atoms with E-state index in [4.69, 9.17) is 4.84 Å². The van der Waals surface area contributed by atoms with Crippen LogP contribution in [0.15, 0.2) is 22.7 Å². The number of hydrogen-bond acceptors (Lipinski definition) is 2. The van der Waals surface area contributed by atoms with E-state index in [0.717, 1.165) is 0 Å². The van der Waals surface area contributed by atoms with Crippen LogP contribution in [0, 0.1) is 5.82 Å². The average Bonchev–Trinajstić information content (AvgIpc) is 2.17. The number of carbonyl (C=O) groups excluding carboxylic acids is 1. The Bertz CT molecular complexity index is 401. The summed E-state index contributed by atoms with van der Waals surface area (Å²) >= 11 is 3.01. The van der Waals surface area contributed by atoms with Crippen molar-refractivity contribution in [2.75, 3.05) is 0 Å². The molecule has 0 atom stereocenters. The summed E-state index contributed by atoms with van der Waals surface area (Å²) in [4.78, 5) is 16.7. The molecule has 0 spiro atoms. The quantitative estimate of drug-likeness (QED) is 0.850. The molecule has 0 heterocycles. The first-order valence-corrected chi connectivity index (χ1v) is 5.52. The third-order valence-electron chi connectivity index (χ3n) is 1.63. The Labute approximate surface area is 102 Å². The van der Waals surface area contributed by atoms with Crippen LogP contribution in [0.2, 0.25) is 0 Å². The second-order valence-electron chi connectivity index (χ2n) is 4.27. The summed E-state index contributed by atoms with van der Waals surface area (Å²) in [6.07, 6.45) is 0. The first-order chi connectivity index (χ1) is 7.29. The molecular formula is C11H13BrFNO2. The Balaban J connectivity index is 2.70. The van der Waals surface area contributed by atoms with Crippen LogP contribution in [-0.2, 0) is 4.84 Å². The minimum absolute atomic E-state index is 0.246. The van der Waals surface area contributed by atoms with Crippen LogP contribution in [0.3, 0.4) is 0 Å². The lowest BCUT2D eigenvalue weighted by Gasteiger charge is -2.18. The smallest absolute Gasteiger partial charge is 0.268 e. The van der Waals surface area contributed by atoms with Gasteiger partial charge in [0, 0.05) is 5.56 Å². The third-order valence-corrected chi connectivity index (χ3v) is 2.24. The highest BCUT2D eigenvalue weighted by Crippen LogP contribution is 2.17. The molecule has 0 radical (unpaired) electrons. The SMILES string of the molecule is CC(C)(C)ONC(=O)c1ccc(F)c(Br)c1. The summed E-state index contributed by atoms with van der Waals surface area (Å²) in [5.74, 6) is -0.816. The normalized spacial score (nSPS) is 11.3. The monoisotopic (exact) mass is 289 g/mol. The molecule has 1 aromatic rings. The minimum atomic E-state index is -0.465. The van der Waals surface area contributed by atoms with Crippen molar-refractivity contribution in [2.45, 2.75) is 26.4 Å². The lowest BCUT2D eigenvalue weighted by atomic mass is 10.2. The number of hydrogen-bond donors (Lipinski definition) is 1. The van der Waals surface area contributed by atoms with Gasteiger partial charge in [0.2, 0.25) is 0 Å². The molecule has 0 aliphatic carbocycles. The summed E-state index contributed by atoms with van der Waals surface area (Å²) in [5, 5.41) is 0. The highest BCUT2D eigenvalue weighted by Gasteiger charge is 2.14. The predicted octanol–water partition coefficient (Wildman–Crippen LogP) is 3.05. The van der Waals surface area contributed by atoms with Gasteiger partial charge in [-0.2, -0.15) is 0 Å². The summed E-state index contributed by atoms with van der Waals surface area (Å²) in [5.41, 5.74) is 2.17. The minimum Gasteiger partial charge on any atom is -0.268 e. The molecule has 0 saturated carbocycles. The van der Waals surface area contributed by atoms with Gasteiger partial charge in [-0.25, -0.2) is 9.87 Å². The summed E-state index contributed by atoms with van der Waals surface area (Å²) in [7, 11) is 0. The molecule has 0 fully saturated rings. The molecule has 1 rings (SSSR count). The summed E-state index contributed by atoms with van der Waals surface area (Å²) < 4.78 is 13.2. The maximum Gasteiger partial charge on any atom is 0.274 e. The maximum atomic E-state index is 12.9. The van der Waals surface area contributed by atoms with Gasteiger partial charge in [-0.3, -0.25) is 9.63 Å². The Morgan fingerprint density at radius 1 is 1.44 bits per heavy atom. The molecule has 88 valence electrons. The molecule has 3 nitrogen and oxygen atoms in total. The second-order valence-corrected chi connectivity index (χ2v) is 5.13. The van der Waals surface area contributed by atoms with Crippen molar-refractivity contribution in [1.29, 1.82) is 0 Å². The Morgan fingerprint density at radius 2 is 2.06 bits per heavy atom. The van der Waals surface area contributed by atoms with Gasteiger partial charge in [-0.15, -0.1) is 0 Å². The Morgan fingerprint density at radius 3 is 2.56 bits per heavy atom. The van der Waals surface area contributed by atoms with E-state index in [1.165, 1.54) is 18.2 Å². The largest absolute Gasteiger partial charge is 0.274 e. The van der Waals surface area contributed by atoms with Crippen LogP contribution in [0.25, 0.3) is 0 Å².